The number of hydrogen-bond acceptors (Lipinski definition) is 5. The molecule has 0 atom stereocenters. The second-order valence-electron chi connectivity index (χ2n) is 5.55. The number of carbonyl (C=O) groups is 1. The number of methoxy groups -OCH3 is 1. The van der Waals surface area contributed by atoms with Crippen molar-refractivity contribution in [3.05, 3.63) is 59.7 Å². The highest BCUT2D eigenvalue weighted by Crippen LogP contribution is 2.18. The van der Waals surface area contributed by atoms with Crippen molar-refractivity contribution in [1.82, 2.24) is 5.32 Å². The van der Waals surface area contributed by atoms with Gasteiger partial charge in [0.15, 0.2) is 0 Å². The van der Waals surface area contributed by atoms with Crippen LogP contribution >= 0.6 is 0 Å². The Kier molecular flexibility index (Phi) is 6.20. The van der Waals surface area contributed by atoms with E-state index in [2.05, 4.69) is 5.32 Å². The lowest BCUT2D eigenvalue weighted by molar-refractivity contribution is -0.119. The summed E-state index contributed by atoms with van der Waals surface area (Å²) in [6.45, 7) is -0.0747. The molecular weight excluding hydrogens is 354 g/mol. The van der Waals surface area contributed by atoms with Crippen molar-refractivity contribution in [2.45, 2.75) is 6.54 Å². The van der Waals surface area contributed by atoms with Crippen molar-refractivity contribution in [3.63, 3.8) is 0 Å². The Balaban J connectivity index is 2.05. The Hall–Kier alpha value is -3.05. The van der Waals surface area contributed by atoms with Crippen LogP contribution in [0.25, 0.3) is 0 Å². The average Bonchev–Trinajstić information content (AvgIpc) is 2.64. The standard InChI is InChI=1S/C18H19N3O4S/c1-25-17-9-5-15(6-10-17)12-20-18(22)13-21(26(2,23)24)16-7-3-14(11-19)4-8-16/h3-10H,12-13H2,1-2H3,(H,20,22). The summed E-state index contributed by atoms with van der Waals surface area (Å²) < 4.78 is 30.1. The molecule has 0 spiro atoms. The molecule has 2 rings (SSSR count). The van der Waals surface area contributed by atoms with E-state index in [4.69, 9.17) is 10.00 Å². The lowest BCUT2D eigenvalue weighted by Crippen LogP contribution is -2.40. The third-order valence-electron chi connectivity index (χ3n) is 3.62. The van der Waals surface area contributed by atoms with Gasteiger partial charge in [0, 0.05) is 6.54 Å². The third kappa shape index (κ3) is 5.22. The number of ether oxygens (including phenoxy) is 1. The Morgan fingerprint density at radius 2 is 1.77 bits per heavy atom. The predicted molar refractivity (Wildman–Crippen MR) is 98.2 cm³/mol. The first-order chi connectivity index (χ1) is 12.3. The van der Waals surface area contributed by atoms with Crippen molar-refractivity contribution in [3.8, 4) is 11.8 Å². The highest BCUT2D eigenvalue weighted by Gasteiger charge is 2.20. The van der Waals surface area contributed by atoms with Crippen LogP contribution in [0.5, 0.6) is 5.75 Å². The van der Waals surface area contributed by atoms with Crippen LogP contribution in [0.15, 0.2) is 48.5 Å². The van der Waals surface area contributed by atoms with E-state index < -0.39 is 15.9 Å². The smallest absolute Gasteiger partial charge is 0.241 e. The second-order valence-corrected chi connectivity index (χ2v) is 7.46. The first-order valence-electron chi connectivity index (χ1n) is 7.71. The van der Waals surface area contributed by atoms with Crippen molar-refractivity contribution in [2.24, 2.45) is 0 Å². The van der Waals surface area contributed by atoms with E-state index in [0.29, 0.717) is 17.0 Å². The Morgan fingerprint density at radius 1 is 1.15 bits per heavy atom. The number of amides is 1. The molecule has 0 saturated carbocycles. The molecule has 0 aliphatic carbocycles. The molecule has 2 aromatic rings. The van der Waals surface area contributed by atoms with E-state index in [1.807, 2.05) is 18.2 Å². The van der Waals surface area contributed by atoms with Gasteiger partial charge in [-0.1, -0.05) is 12.1 Å². The maximum absolute atomic E-state index is 12.2. The zero-order valence-corrected chi connectivity index (χ0v) is 15.3. The number of nitriles is 1. The first-order valence-corrected chi connectivity index (χ1v) is 9.56. The molecule has 0 heterocycles. The summed E-state index contributed by atoms with van der Waals surface area (Å²) in [5.74, 6) is 0.278. The van der Waals surface area contributed by atoms with E-state index in [0.717, 1.165) is 16.1 Å². The molecule has 0 bridgehead atoms. The van der Waals surface area contributed by atoms with Crippen LogP contribution in [-0.2, 0) is 21.4 Å². The minimum atomic E-state index is -3.65. The molecule has 0 aliphatic heterocycles. The molecule has 26 heavy (non-hydrogen) atoms. The topological polar surface area (TPSA) is 99.5 Å². The van der Waals surface area contributed by atoms with Crippen LogP contribution in [0, 0.1) is 11.3 Å². The first kappa shape index (κ1) is 19.3. The van der Waals surface area contributed by atoms with Crippen molar-refractivity contribution < 1.29 is 17.9 Å². The summed E-state index contributed by atoms with van der Waals surface area (Å²) in [6.07, 6.45) is 1.03. The van der Waals surface area contributed by atoms with Crippen LogP contribution in [0.3, 0.4) is 0 Å². The minimum absolute atomic E-state index is 0.272. The van der Waals surface area contributed by atoms with E-state index >= 15 is 0 Å². The van der Waals surface area contributed by atoms with Crippen LogP contribution in [0.4, 0.5) is 5.69 Å². The molecule has 0 fully saturated rings. The van der Waals surface area contributed by atoms with Crippen molar-refractivity contribution >= 4 is 21.6 Å². The van der Waals surface area contributed by atoms with Crippen LogP contribution < -0.4 is 14.4 Å². The highest BCUT2D eigenvalue weighted by atomic mass is 32.2. The molecule has 0 aromatic heterocycles. The molecule has 0 unspecified atom stereocenters. The summed E-state index contributed by atoms with van der Waals surface area (Å²) >= 11 is 0. The third-order valence-corrected chi connectivity index (χ3v) is 4.76. The number of sulfonamides is 1. The Labute approximate surface area is 152 Å². The monoisotopic (exact) mass is 373 g/mol. The summed E-state index contributed by atoms with van der Waals surface area (Å²) in [7, 11) is -2.08. The zero-order chi connectivity index (χ0) is 19.2. The molecule has 2 aromatic carbocycles. The number of benzene rings is 2. The molecule has 1 amide bonds. The van der Waals surface area contributed by atoms with Gasteiger partial charge in [0.2, 0.25) is 15.9 Å². The molecule has 0 saturated heterocycles. The van der Waals surface area contributed by atoms with Gasteiger partial charge in [0.25, 0.3) is 0 Å². The van der Waals surface area contributed by atoms with Crippen molar-refractivity contribution in [2.75, 3.05) is 24.2 Å². The summed E-state index contributed by atoms with van der Waals surface area (Å²) in [5, 5.41) is 11.5. The molecule has 0 aliphatic rings. The molecule has 136 valence electrons. The largest absolute Gasteiger partial charge is 0.497 e. The number of nitrogens with one attached hydrogen (secondary N) is 1. The van der Waals surface area contributed by atoms with Gasteiger partial charge in [0.05, 0.1) is 30.7 Å². The van der Waals surface area contributed by atoms with Gasteiger partial charge < -0.3 is 10.1 Å². The van der Waals surface area contributed by atoms with E-state index in [1.165, 1.54) is 24.3 Å². The second kappa shape index (κ2) is 8.36. The van der Waals surface area contributed by atoms with Gasteiger partial charge in [0.1, 0.15) is 12.3 Å². The number of carbonyl (C=O) groups excluding carboxylic acids is 1. The van der Waals surface area contributed by atoms with Crippen LogP contribution in [-0.4, -0.2) is 34.2 Å². The Bertz CT molecular complexity index is 901. The Morgan fingerprint density at radius 3 is 2.27 bits per heavy atom. The quantitative estimate of drug-likeness (QED) is 0.795. The molecule has 7 nitrogen and oxygen atoms in total. The van der Waals surface area contributed by atoms with Crippen LogP contribution in [0.2, 0.25) is 0 Å². The molecule has 0 radical (unpaired) electrons. The van der Waals surface area contributed by atoms with Gasteiger partial charge >= 0.3 is 0 Å². The number of nitrogens with zero attached hydrogens (tertiary/aromatic N) is 2. The molecule has 8 heteroatoms. The van der Waals surface area contributed by atoms with E-state index in [9.17, 15) is 13.2 Å². The normalized spacial score (nSPS) is 10.7. The van der Waals surface area contributed by atoms with Crippen LogP contribution in [0.1, 0.15) is 11.1 Å². The van der Waals surface area contributed by atoms with Gasteiger partial charge in [-0.05, 0) is 42.0 Å². The van der Waals surface area contributed by atoms with Gasteiger partial charge in [-0.25, -0.2) is 8.42 Å². The van der Waals surface area contributed by atoms with Gasteiger partial charge in [-0.15, -0.1) is 0 Å². The number of rotatable bonds is 7. The average molecular weight is 373 g/mol. The van der Waals surface area contributed by atoms with Gasteiger partial charge in [-0.3, -0.25) is 9.10 Å². The summed E-state index contributed by atoms with van der Waals surface area (Å²) in [6, 6.07) is 15.1. The predicted octanol–water partition coefficient (Wildman–Crippen LogP) is 1.65. The molecule has 1 N–H and O–H groups in total. The lowest BCUT2D eigenvalue weighted by Gasteiger charge is -2.22. The molecular formula is C18H19N3O4S. The maximum Gasteiger partial charge on any atom is 0.241 e. The lowest BCUT2D eigenvalue weighted by atomic mass is 10.2. The fourth-order valence-electron chi connectivity index (χ4n) is 2.23. The summed E-state index contributed by atoms with van der Waals surface area (Å²) in [5.41, 5.74) is 1.60. The van der Waals surface area contributed by atoms with Gasteiger partial charge in [-0.2, -0.15) is 5.26 Å². The van der Waals surface area contributed by atoms with Crippen molar-refractivity contribution in [1.29, 1.82) is 5.26 Å². The van der Waals surface area contributed by atoms with E-state index in [1.54, 1.807) is 19.2 Å². The number of anilines is 1. The fraction of sp³-hybridized carbons (Fsp3) is 0.222. The fourth-order valence-corrected chi connectivity index (χ4v) is 3.09. The minimum Gasteiger partial charge on any atom is -0.497 e. The van der Waals surface area contributed by atoms with E-state index in [-0.39, 0.29) is 13.1 Å². The zero-order valence-electron chi connectivity index (χ0n) is 14.5. The SMILES string of the molecule is COc1ccc(CNC(=O)CN(c2ccc(C#N)cc2)S(C)(=O)=O)cc1. The number of hydrogen-bond donors (Lipinski definition) is 1. The maximum atomic E-state index is 12.2. The summed E-state index contributed by atoms with van der Waals surface area (Å²) in [4.78, 5) is 12.2. The highest BCUT2D eigenvalue weighted by molar-refractivity contribution is 7.92.